The molecule has 0 bridgehead atoms. The molecule has 1 unspecified atom stereocenters. The number of carbonyl (C=O) groups is 1. The highest BCUT2D eigenvalue weighted by Crippen LogP contribution is 2.28. The number of methoxy groups -OCH3 is 1. The van der Waals surface area contributed by atoms with E-state index in [0.29, 0.717) is 11.4 Å². The summed E-state index contributed by atoms with van der Waals surface area (Å²) in [4.78, 5) is 16.3. The van der Waals surface area contributed by atoms with Crippen LogP contribution in [0.3, 0.4) is 0 Å². The number of aromatic nitrogens is 1. The van der Waals surface area contributed by atoms with Gasteiger partial charge in [-0.15, -0.1) is 11.8 Å². The fourth-order valence-corrected chi connectivity index (χ4v) is 4.14. The van der Waals surface area contributed by atoms with Crippen molar-refractivity contribution < 1.29 is 9.53 Å². The Hall–Kier alpha value is -0.680. The Morgan fingerprint density at radius 3 is 3.12 bits per heavy atom. The van der Waals surface area contributed by atoms with Gasteiger partial charge in [0, 0.05) is 23.5 Å². The molecule has 1 fully saturated rings. The molecule has 5 heteroatoms. The fraction of sp³-hybridized carbons (Fsp3) is 0.455. The number of rotatable bonds is 3. The lowest BCUT2D eigenvalue weighted by molar-refractivity contribution is 0.0987. The van der Waals surface area contributed by atoms with Gasteiger partial charge in [0.2, 0.25) is 0 Å². The van der Waals surface area contributed by atoms with Gasteiger partial charge in [-0.05, 0) is 12.1 Å². The normalized spacial score (nSPS) is 20.4. The summed E-state index contributed by atoms with van der Waals surface area (Å²) >= 11 is 3.55. The van der Waals surface area contributed by atoms with E-state index < -0.39 is 0 Å². The minimum absolute atomic E-state index is 0.0301. The van der Waals surface area contributed by atoms with Crippen LogP contribution in [-0.2, 0) is 0 Å². The largest absolute Gasteiger partial charge is 0.494 e. The molecule has 16 heavy (non-hydrogen) atoms. The van der Waals surface area contributed by atoms with E-state index in [-0.39, 0.29) is 11.0 Å². The predicted octanol–water partition coefficient (Wildman–Crippen LogP) is 2.12. The number of thioether (sulfide) groups is 2. The molecule has 86 valence electrons. The lowest BCUT2D eigenvalue weighted by Gasteiger charge is -2.19. The zero-order chi connectivity index (χ0) is 11.4. The number of hydrogen-bond acceptors (Lipinski definition) is 5. The molecule has 0 aliphatic carbocycles. The van der Waals surface area contributed by atoms with Crippen molar-refractivity contribution in [1.82, 2.24) is 4.98 Å². The maximum atomic E-state index is 12.2. The number of Topliss-reactive ketones (excluding diaryl/α,β-unsaturated/α-hetero) is 1. The van der Waals surface area contributed by atoms with Crippen molar-refractivity contribution >= 4 is 29.3 Å². The van der Waals surface area contributed by atoms with Gasteiger partial charge in [-0.25, -0.2) is 4.98 Å². The minimum atomic E-state index is 0.0301. The van der Waals surface area contributed by atoms with Gasteiger partial charge in [0.1, 0.15) is 11.4 Å². The second-order valence-electron chi connectivity index (χ2n) is 3.35. The topological polar surface area (TPSA) is 39.2 Å². The Balaban J connectivity index is 2.19. The van der Waals surface area contributed by atoms with Gasteiger partial charge in [0.05, 0.1) is 12.4 Å². The molecule has 0 spiro atoms. The zero-order valence-electron chi connectivity index (χ0n) is 9.01. The van der Waals surface area contributed by atoms with Gasteiger partial charge in [-0.3, -0.25) is 4.79 Å². The predicted molar refractivity (Wildman–Crippen MR) is 68.7 cm³/mol. The van der Waals surface area contributed by atoms with Gasteiger partial charge in [-0.2, -0.15) is 11.8 Å². The standard InChI is InChI=1S/C11H13NO2S2/c1-14-8-3-2-4-12-10(8)11(13)9-7-15-5-6-16-9/h2-4,9H,5-7H2,1H3. The number of nitrogens with zero attached hydrogens (tertiary/aromatic N) is 1. The smallest absolute Gasteiger partial charge is 0.198 e. The van der Waals surface area contributed by atoms with E-state index in [1.165, 1.54) is 0 Å². The summed E-state index contributed by atoms with van der Waals surface area (Å²) in [6.45, 7) is 0. The third-order valence-electron chi connectivity index (χ3n) is 2.33. The Kier molecular flexibility index (Phi) is 4.12. The third-order valence-corrected chi connectivity index (χ3v) is 5.09. The number of ketones is 1. The second-order valence-corrected chi connectivity index (χ2v) is 5.81. The molecule has 1 aromatic rings. The average molecular weight is 255 g/mol. The van der Waals surface area contributed by atoms with Crippen molar-refractivity contribution in [3.63, 3.8) is 0 Å². The third kappa shape index (κ3) is 2.52. The summed E-state index contributed by atoms with van der Waals surface area (Å²) < 4.78 is 5.16. The molecule has 3 nitrogen and oxygen atoms in total. The molecule has 2 rings (SSSR count). The van der Waals surface area contributed by atoms with E-state index in [1.807, 2.05) is 11.8 Å². The molecule has 2 heterocycles. The van der Waals surface area contributed by atoms with Crippen molar-refractivity contribution in [2.75, 3.05) is 24.4 Å². The van der Waals surface area contributed by atoms with E-state index in [4.69, 9.17) is 4.74 Å². The van der Waals surface area contributed by atoms with Crippen LogP contribution in [0.2, 0.25) is 0 Å². The molecule has 1 atom stereocenters. The minimum Gasteiger partial charge on any atom is -0.494 e. The van der Waals surface area contributed by atoms with Gasteiger partial charge in [0.15, 0.2) is 5.78 Å². The van der Waals surface area contributed by atoms with Gasteiger partial charge >= 0.3 is 0 Å². The molecule has 1 saturated heterocycles. The van der Waals surface area contributed by atoms with Crippen LogP contribution >= 0.6 is 23.5 Å². The van der Waals surface area contributed by atoms with E-state index >= 15 is 0 Å². The lowest BCUT2D eigenvalue weighted by atomic mass is 10.2. The van der Waals surface area contributed by atoms with Crippen LogP contribution in [-0.4, -0.2) is 40.4 Å². The first-order chi connectivity index (χ1) is 7.83. The van der Waals surface area contributed by atoms with Crippen LogP contribution in [0.15, 0.2) is 18.3 Å². The van der Waals surface area contributed by atoms with Crippen LogP contribution in [0, 0.1) is 0 Å². The molecule has 0 N–H and O–H groups in total. The highest BCUT2D eigenvalue weighted by atomic mass is 32.2. The summed E-state index contributed by atoms with van der Waals surface area (Å²) in [7, 11) is 1.57. The highest BCUT2D eigenvalue weighted by Gasteiger charge is 2.26. The van der Waals surface area contributed by atoms with E-state index in [9.17, 15) is 4.79 Å². The summed E-state index contributed by atoms with van der Waals surface area (Å²) in [5.41, 5.74) is 0.463. The summed E-state index contributed by atoms with van der Waals surface area (Å²) in [6.07, 6.45) is 1.64. The number of hydrogen-bond donors (Lipinski definition) is 0. The quantitative estimate of drug-likeness (QED) is 0.774. The van der Waals surface area contributed by atoms with Crippen molar-refractivity contribution in [2.24, 2.45) is 0 Å². The van der Waals surface area contributed by atoms with Crippen LogP contribution in [0.5, 0.6) is 5.75 Å². The summed E-state index contributed by atoms with van der Waals surface area (Å²) in [6, 6.07) is 3.55. The highest BCUT2D eigenvalue weighted by molar-refractivity contribution is 8.07. The molecule has 0 radical (unpaired) electrons. The molecular formula is C11H13NO2S2. The second kappa shape index (κ2) is 5.59. The van der Waals surface area contributed by atoms with Crippen LogP contribution in [0.4, 0.5) is 0 Å². The first-order valence-corrected chi connectivity index (χ1v) is 7.26. The lowest BCUT2D eigenvalue weighted by Crippen LogP contribution is -2.25. The average Bonchev–Trinajstić information content (AvgIpc) is 2.39. The molecule has 1 aliphatic heterocycles. The Morgan fingerprint density at radius 1 is 1.56 bits per heavy atom. The van der Waals surface area contributed by atoms with Crippen LogP contribution in [0.25, 0.3) is 0 Å². The molecule has 0 amide bonds. The Morgan fingerprint density at radius 2 is 2.44 bits per heavy atom. The van der Waals surface area contributed by atoms with Crippen LogP contribution < -0.4 is 4.74 Å². The zero-order valence-corrected chi connectivity index (χ0v) is 10.6. The summed E-state index contributed by atoms with van der Waals surface area (Å²) in [5, 5.41) is 0.0301. The SMILES string of the molecule is COc1cccnc1C(=O)C1CSCCS1. The number of ether oxygens (including phenoxy) is 1. The fourth-order valence-electron chi connectivity index (χ4n) is 1.53. The monoisotopic (exact) mass is 255 g/mol. The Bertz CT molecular complexity index is 378. The van der Waals surface area contributed by atoms with E-state index in [2.05, 4.69) is 4.98 Å². The van der Waals surface area contributed by atoms with E-state index in [1.54, 1.807) is 37.2 Å². The van der Waals surface area contributed by atoms with Crippen molar-refractivity contribution in [3.8, 4) is 5.75 Å². The van der Waals surface area contributed by atoms with E-state index in [0.717, 1.165) is 17.3 Å². The van der Waals surface area contributed by atoms with Gasteiger partial charge in [-0.1, -0.05) is 0 Å². The number of pyridine rings is 1. The molecule has 0 aromatic carbocycles. The van der Waals surface area contributed by atoms with Crippen LogP contribution in [0.1, 0.15) is 10.5 Å². The van der Waals surface area contributed by atoms with Gasteiger partial charge in [0.25, 0.3) is 0 Å². The maximum Gasteiger partial charge on any atom is 0.198 e. The number of carbonyl (C=O) groups excluding carboxylic acids is 1. The van der Waals surface area contributed by atoms with Crippen molar-refractivity contribution in [3.05, 3.63) is 24.0 Å². The van der Waals surface area contributed by atoms with Crippen molar-refractivity contribution in [2.45, 2.75) is 5.25 Å². The first kappa shape index (κ1) is 11.8. The Labute approximate surface area is 103 Å². The van der Waals surface area contributed by atoms with Crippen molar-refractivity contribution in [1.29, 1.82) is 0 Å². The van der Waals surface area contributed by atoms with Gasteiger partial charge < -0.3 is 4.74 Å². The summed E-state index contributed by atoms with van der Waals surface area (Å²) in [5.74, 6) is 3.71. The molecule has 0 saturated carbocycles. The maximum absolute atomic E-state index is 12.2. The molecular weight excluding hydrogens is 242 g/mol. The first-order valence-electron chi connectivity index (χ1n) is 5.05. The molecule has 1 aromatic heterocycles. The molecule has 1 aliphatic rings.